The maximum atomic E-state index is 4.27. The minimum Gasteiger partial charge on any atom is -0.370 e. The summed E-state index contributed by atoms with van der Waals surface area (Å²) in [6.07, 6.45) is 5.56. The molecule has 2 rings (SSSR count). The fraction of sp³-hybridized carbons (Fsp3) is 0.444. The van der Waals surface area contributed by atoms with Gasteiger partial charge in [0, 0.05) is 12.7 Å². The smallest absolute Gasteiger partial charge is 0.129 e. The molecule has 0 radical (unpaired) electrons. The van der Waals surface area contributed by atoms with Crippen molar-refractivity contribution in [2.45, 2.75) is 19.3 Å². The summed E-state index contributed by atoms with van der Waals surface area (Å²) in [5.74, 6) is 1.09. The maximum absolute atomic E-state index is 4.27. The molecule has 0 aliphatic carbocycles. The fourth-order valence-corrected chi connectivity index (χ4v) is 1.45. The summed E-state index contributed by atoms with van der Waals surface area (Å²) in [4.78, 5) is 4.27. The predicted molar refractivity (Wildman–Crippen MR) is 45.7 cm³/mol. The first-order chi connectivity index (χ1) is 5.47. The van der Waals surface area contributed by atoms with Crippen LogP contribution in [0.2, 0.25) is 0 Å². The zero-order valence-electron chi connectivity index (χ0n) is 6.51. The minimum atomic E-state index is 1.07. The number of anilines is 1. The summed E-state index contributed by atoms with van der Waals surface area (Å²) >= 11 is 0. The molecule has 2 nitrogen and oxygen atoms in total. The van der Waals surface area contributed by atoms with E-state index < -0.39 is 0 Å². The van der Waals surface area contributed by atoms with E-state index in [1.54, 1.807) is 0 Å². The van der Waals surface area contributed by atoms with E-state index in [0.717, 1.165) is 12.4 Å². The lowest BCUT2D eigenvalue weighted by Gasteiger charge is -2.03. The van der Waals surface area contributed by atoms with Crippen molar-refractivity contribution in [2.75, 3.05) is 11.9 Å². The average Bonchev–Trinajstić information content (AvgIpc) is 2.28. The quantitative estimate of drug-likeness (QED) is 0.607. The highest BCUT2D eigenvalue weighted by molar-refractivity contribution is 5.44. The molecule has 0 bridgehead atoms. The topological polar surface area (TPSA) is 24.9 Å². The summed E-state index contributed by atoms with van der Waals surface area (Å²) < 4.78 is 0. The van der Waals surface area contributed by atoms with Crippen molar-refractivity contribution < 1.29 is 0 Å². The first-order valence-corrected chi connectivity index (χ1v) is 4.14. The van der Waals surface area contributed by atoms with Crippen LogP contribution < -0.4 is 5.32 Å². The molecule has 0 spiro atoms. The van der Waals surface area contributed by atoms with E-state index in [9.17, 15) is 0 Å². The molecule has 1 aromatic rings. The maximum Gasteiger partial charge on any atom is 0.129 e. The molecule has 1 N–H and O–H groups in total. The molecule has 0 unspecified atom stereocenters. The highest BCUT2D eigenvalue weighted by atomic mass is 15.0. The van der Waals surface area contributed by atoms with Gasteiger partial charge in [-0.25, -0.2) is 4.98 Å². The summed E-state index contributed by atoms with van der Waals surface area (Å²) in [6.45, 7) is 1.07. The molecule has 1 aromatic heterocycles. The average molecular weight is 148 g/mol. The first kappa shape index (κ1) is 6.65. The molecule has 58 valence electrons. The van der Waals surface area contributed by atoms with Gasteiger partial charge in [0.05, 0.1) is 0 Å². The van der Waals surface area contributed by atoms with Gasteiger partial charge in [-0.05, 0) is 30.9 Å². The molecule has 0 saturated heterocycles. The number of hydrogen-bond acceptors (Lipinski definition) is 2. The van der Waals surface area contributed by atoms with Crippen molar-refractivity contribution >= 4 is 5.82 Å². The number of pyridine rings is 1. The highest BCUT2D eigenvalue weighted by Crippen LogP contribution is 2.17. The van der Waals surface area contributed by atoms with Crippen LogP contribution in [0.4, 0.5) is 5.82 Å². The lowest BCUT2D eigenvalue weighted by atomic mass is 10.1. The Morgan fingerprint density at radius 1 is 1.36 bits per heavy atom. The van der Waals surface area contributed by atoms with Gasteiger partial charge < -0.3 is 5.32 Å². The summed E-state index contributed by atoms with van der Waals surface area (Å²) in [5, 5.41) is 3.31. The van der Waals surface area contributed by atoms with Crippen LogP contribution >= 0.6 is 0 Å². The largest absolute Gasteiger partial charge is 0.370 e. The molecule has 0 amide bonds. The van der Waals surface area contributed by atoms with E-state index in [-0.39, 0.29) is 0 Å². The van der Waals surface area contributed by atoms with Crippen molar-refractivity contribution in [3.05, 3.63) is 23.9 Å². The van der Waals surface area contributed by atoms with E-state index in [0.29, 0.717) is 0 Å². The second kappa shape index (κ2) is 2.91. The van der Waals surface area contributed by atoms with E-state index in [1.807, 2.05) is 12.3 Å². The molecule has 0 atom stereocenters. The first-order valence-electron chi connectivity index (χ1n) is 4.14. The molecule has 1 aliphatic rings. The third kappa shape index (κ3) is 1.34. The molecule has 1 aliphatic heterocycles. The van der Waals surface area contributed by atoms with Crippen LogP contribution in [-0.2, 0) is 6.42 Å². The Morgan fingerprint density at radius 3 is 3.36 bits per heavy atom. The van der Waals surface area contributed by atoms with Crippen molar-refractivity contribution in [3.63, 3.8) is 0 Å². The molecule has 0 fully saturated rings. The lowest BCUT2D eigenvalue weighted by molar-refractivity contribution is 0.785. The SMILES string of the molecule is c1cnc2c(c1)CCCCN2. The van der Waals surface area contributed by atoms with Crippen molar-refractivity contribution in [3.8, 4) is 0 Å². The Hall–Kier alpha value is -1.05. The van der Waals surface area contributed by atoms with E-state index in [2.05, 4.69) is 16.4 Å². The van der Waals surface area contributed by atoms with E-state index >= 15 is 0 Å². The standard InChI is InChI=1S/C9H12N2/c1-2-6-10-9-8(4-1)5-3-7-11-9/h3,5,7H,1-2,4,6H2,(H,10,11). The zero-order valence-corrected chi connectivity index (χ0v) is 6.51. The Balaban J connectivity index is 2.33. The number of fused-ring (bicyclic) bond motifs is 1. The Morgan fingerprint density at radius 2 is 2.36 bits per heavy atom. The van der Waals surface area contributed by atoms with Crippen LogP contribution in [0.1, 0.15) is 18.4 Å². The minimum absolute atomic E-state index is 1.07. The summed E-state index contributed by atoms with van der Waals surface area (Å²) in [7, 11) is 0. The number of nitrogens with one attached hydrogen (secondary N) is 1. The molecule has 2 heteroatoms. The van der Waals surface area contributed by atoms with Crippen LogP contribution in [0.5, 0.6) is 0 Å². The number of rotatable bonds is 0. The number of aryl methyl sites for hydroxylation is 1. The second-order valence-electron chi connectivity index (χ2n) is 2.90. The van der Waals surface area contributed by atoms with Crippen molar-refractivity contribution in [1.82, 2.24) is 4.98 Å². The van der Waals surface area contributed by atoms with Crippen LogP contribution in [0.3, 0.4) is 0 Å². The third-order valence-electron chi connectivity index (χ3n) is 2.06. The Kier molecular flexibility index (Phi) is 1.76. The molecular formula is C9H12N2. The molecule has 0 saturated carbocycles. The van der Waals surface area contributed by atoms with Gasteiger partial charge in [0.2, 0.25) is 0 Å². The molecular weight excluding hydrogens is 136 g/mol. The van der Waals surface area contributed by atoms with Gasteiger partial charge in [-0.15, -0.1) is 0 Å². The van der Waals surface area contributed by atoms with Gasteiger partial charge >= 0.3 is 0 Å². The van der Waals surface area contributed by atoms with E-state index in [1.165, 1.54) is 24.8 Å². The van der Waals surface area contributed by atoms with Crippen LogP contribution in [0, 0.1) is 0 Å². The third-order valence-corrected chi connectivity index (χ3v) is 2.06. The van der Waals surface area contributed by atoms with E-state index in [4.69, 9.17) is 0 Å². The van der Waals surface area contributed by atoms with Crippen LogP contribution in [-0.4, -0.2) is 11.5 Å². The van der Waals surface area contributed by atoms with Crippen LogP contribution in [0.15, 0.2) is 18.3 Å². The van der Waals surface area contributed by atoms with Crippen molar-refractivity contribution in [2.24, 2.45) is 0 Å². The zero-order chi connectivity index (χ0) is 7.52. The Bertz CT molecular complexity index is 220. The molecule has 2 heterocycles. The fourth-order valence-electron chi connectivity index (χ4n) is 1.45. The van der Waals surface area contributed by atoms with Crippen molar-refractivity contribution in [1.29, 1.82) is 0 Å². The number of aromatic nitrogens is 1. The lowest BCUT2D eigenvalue weighted by Crippen LogP contribution is -2.00. The van der Waals surface area contributed by atoms with Gasteiger partial charge in [-0.1, -0.05) is 6.07 Å². The van der Waals surface area contributed by atoms with Gasteiger partial charge in [-0.3, -0.25) is 0 Å². The number of nitrogens with zero attached hydrogens (tertiary/aromatic N) is 1. The van der Waals surface area contributed by atoms with Gasteiger partial charge in [0.1, 0.15) is 5.82 Å². The molecule has 0 aromatic carbocycles. The van der Waals surface area contributed by atoms with Gasteiger partial charge in [0.25, 0.3) is 0 Å². The van der Waals surface area contributed by atoms with Gasteiger partial charge in [0.15, 0.2) is 0 Å². The second-order valence-corrected chi connectivity index (χ2v) is 2.90. The summed E-state index contributed by atoms with van der Waals surface area (Å²) in [6, 6.07) is 4.16. The number of hydrogen-bond donors (Lipinski definition) is 1. The Labute approximate surface area is 66.7 Å². The monoisotopic (exact) mass is 148 g/mol. The predicted octanol–water partition coefficient (Wildman–Crippen LogP) is 1.83. The van der Waals surface area contributed by atoms with Crippen LogP contribution in [0.25, 0.3) is 0 Å². The molecule has 11 heavy (non-hydrogen) atoms. The van der Waals surface area contributed by atoms with Gasteiger partial charge in [-0.2, -0.15) is 0 Å². The normalized spacial score (nSPS) is 16.4. The summed E-state index contributed by atoms with van der Waals surface area (Å²) in [5.41, 5.74) is 1.37. The highest BCUT2D eigenvalue weighted by Gasteiger charge is 2.05.